The van der Waals surface area contributed by atoms with Crippen LogP contribution < -0.4 is 0 Å². The predicted octanol–water partition coefficient (Wildman–Crippen LogP) is 0.128. The molecule has 0 spiro atoms. The van der Waals surface area contributed by atoms with Gasteiger partial charge >= 0.3 is 0 Å². The number of rotatable bonds is 3. The number of aromatic nitrogens is 3. The van der Waals surface area contributed by atoms with Gasteiger partial charge in [0, 0.05) is 7.05 Å². The van der Waals surface area contributed by atoms with Crippen LogP contribution >= 0.6 is 0 Å². The smallest absolute Gasteiger partial charge is 0.0725 e. The van der Waals surface area contributed by atoms with E-state index in [0.29, 0.717) is 0 Å². The summed E-state index contributed by atoms with van der Waals surface area (Å²) in [5.41, 5.74) is 1.06. The Kier molecular flexibility index (Phi) is 2.59. The maximum atomic E-state index is 8.99. The second kappa shape index (κ2) is 3.48. The molecule has 4 heteroatoms. The quantitative estimate of drug-likeness (QED) is 0.675. The maximum absolute atomic E-state index is 8.99. The molecule has 62 valence electrons. The van der Waals surface area contributed by atoms with Crippen molar-refractivity contribution >= 4 is 0 Å². The van der Waals surface area contributed by atoms with E-state index in [1.54, 1.807) is 17.8 Å². The minimum Gasteiger partial charge on any atom is -0.393 e. The van der Waals surface area contributed by atoms with Gasteiger partial charge in [0.25, 0.3) is 0 Å². The van der Waals surface area contributed by atoms with Crippen LogP contribution in [-0.4, -0.2) is 26.2 Å². The van der Waals surface area contributed by atoms with Gasteiger partial charge in [-0.3, -0.25) is 4.68 Å². The first-order valence-electron chi connectivity index (χ1n) is 3.72. The molecule has 0 aliphatic heterocycles. The minimum absolute atomic E-state index is 0.245. The number of hydrogen-bond acceptors (Lipinski definition) is 3. The summed E-state index contributed by atoms with van der Waals surface area (Å²) in [6, 6.07) is 0. The van der Waals surface area contributed by atoms with Crippen LogP contribution in [0.2, 0.25) is 0 Å². The summed E-state index contributed by atoms with van der Waals surface area (Å²) >= 11 is 0. The first kappa shape index (κ1) is 8.20. The number of aliphatic hydroxyl groups excluding tert-OH is 1. The Hall–Kier alpha value is -0.900. The zero-order valence-electron chi connectivity index (χ0n) is 6.86. The Morgan fingerprint density at radius 2 is 2.45 bits per heavy atom. The molecule has 0 amide bonds. The molecule has 1 rings (SSSR count). The molecule has 11 heavy (non-hydrogen) atoms. The lowest BCUT2D eigenvalue weighted by Crippen LogP contribution is -2.04. The van der Waals surface area contributed by atoms with E-state index in [9.17, 15) is 0 Å². The number of hydrogen-bond donors (Lipinski definition) is 1. The van der Waals surface area contributed by atoms with Gasteiger partial charge in [-0.2, -0.15) is 0 Å². The molecule has 0 aliphatic carbocycles. The number of aliphatic hydroxyl groups is 1. The lowest BCUT2D eigenvalue weighted by Gasteiger charge is -2.02. The van der Waals surface area contributed by atoms with Crippen LogP contribution in [0, 0.1) is 0 Å². The third kappa shape index (κ3) is 2.31. The van der Waals surface area contributed by atoms with Crippen molar-refractivity contribution in [3.8, 4) is 0 Å². The van der Waals surface area contributed by atoms with Crippen LogP contribution in [0.5, 0.6) is 0 Å². The van der Waals surface area contributed by atoms with Gasteiger partial charge in [0.05, 0.1) is 18.0 Å². The molecular weight excluding hydrogens is 142 g/mol. The largest absolute Gasteiger partial charge is 0.393 e. The lowest BCUT2D eigenvalue weighted by atomic mass is 10.2. The summed E-state index contributed by atoms with van der Waals surface area (Å²) in [6.45, 7) is 1.78. The zero-order chi connectivity index (χ0) is 8.27. The normalized spacial score (nSPS) is 13.4. The number of aryl methyl sites for hydroxylation is 2. The SMILES string of the molecule is C[C@H](O)CCc1cnnn1C. The highest BCUT2D eigenvalue weighted by Gasteiger charge is 2.01. The molecule has 0 aromatic carbocycles. The highest BCUT2D eigenvalue weighted by Crippen LogP contribution is 2.01. The molecule has 0 saturated carbocycles. The topological polar surface area (TPSA) is 50.9 Å². The summed E-state index contributed by atoms with van der Waals surface area (Å²) in [5.74, 6) is 0. The number of nitrogens with zero attached hydrogens (tertiary/aromatic N) is 3. The Morgan fingerprint density at radius 3 is 2.91 bits per heavy atom. The monoisotopic (exact) mass is 155 g/mol. The van der Waals surface area contributed by atoms with Crippen LogP contribution in [-0.2, 0) is 13.5 Å². The average Bonchev–Trinajstić information content (AvgIpc) is 2.31. The van der Waals surface area contributed by atoms with Crippen LogP contribution in [0.25, 0.3) is 0 Å². The maximum Gasteiger partial charge on any atom is 0.0725 e. The fourth-order valence-corrected chi connectivity index (χ4v) is 0.894. The molecule has 0 saturated heterocycles. The van der Waals surface area contributed by atoms with Crippen molar-refractivity contribution in [2.75, 3.05) is 0 Å². The Bertz CT molecular complexity index is 219. The predicted molar refractivity (Wildman–Crippen MR) is 41.0 cm³/mol. The first-order valence-corrected chi connectivity index (χ1v) is 3.72. The highest BCUT2D eigenvalue weighted by atomic mass is 16.3. The van der Waals surface area contributed by atoms with Gasteiger partial charge in [-0.15, -0.1) is 5.10 Å². The molecule has 4 nitrogen and oxygen atoms in total. The van der Waals surface area contributed by atoms with E-state index in [1.807, 2.05) is 7.05 Å². The van der Waals surface area contributed by atoms with Crippen LogP contribution in [0.3, 0.4) is 0 Å². The second-order valence-electron chi connectivity index (χ2n) is 2.74. The molecule has 1 aromatic rings. The molecule has 0 radical (unpaired) electrons. The third-order valence-electron chi connectivity index (χ3n) is 1.63. The van der Waals surface area contributed by atoms with Gasteiger partial charge in [0.1, 0.15) is 0 Å². The first-order chi connectivity index (χ1) is 5.20. The van der Waals surface area contributed by atoms with Crippen molar-refractivity contribution in [1.82, 2.24) is 15.0 Å². The van der Waals surface area contributed by atoms with E-state index in [2.05, 4.69) is 10.3 Å². The summed E-state index contributed by atoms with van der Waals surface area (Å²) < 4.78 is 1.72. The molecule has 0 fully saturated rings. The Labute approximate surface area is 65.8 Å². The fourth-order valence-electron chi connectivity index (χ4n) is 0.894. The standard InChI is InChI=1S/C7H13N3O/c1-6(11)3-4-7-5-8-9-10(7)2/h5-6,11H,3-4H2,1-2H3/t6-/m0/s1. The molecule has 1 heterocycles. The van der Waals surface area contributed by atoms with Crippen LogP contribution in [0.1, 0.15) is 19.0 Å². The van der Waals surface area contributed by atoms with E-state index in [0.717, 1.165) is 18.5 Å². The lowest BCUT2D eigenvalue weighted by molar-refractivity contribution is 0.184. The molecule has 0 unspecified atom stereocenters. The Balaban J connectivity index is 2.44. The van der Waals surface area contributed by atoms with Gasteiger partial charge in [-0.05, 0) is 19.8 Å². The minimum atomic E-state index is -0.245. The van der Waals surface area contributed by atoms with Crippen LogP contribution in [0.4, 0.5) is 0 Å². The summed E-state index contributed by atoms with van der Waals surface area (Å²) in [4.78, 5) is 0. The van der Waals surface area contributed by atoms with Crippen molar-refractivity contribution in [2.24, 2.45) is 7.05 Å². The van der Waals surface area contributed by atoms with Crippen molar-refractivity contribution < 1.29 is 5.11 Å². The molecule has 1 aromatic heterocycles. The van der Waals surface area contributed by atoms with Gasteiger partial charge in [-0.25, -0.2) is 0 Å². The average molecular weight is 155 g/mol. The van der Waals surface area contributed by atoms with E-state index in [-0.39, 0.29) is 6.10 Å². The second-order valence-corrected chi connectivity index (χ2v) is 2.74. The fraction of sp³-hybridized carbons (Fsp3) is 0.714. The summed E-state index contributed by atoms with van der Waals surface area (Å²) in [7, 11) is 1.85. The molecule has 1 atom stereocenters. The van der Waals surface area contributed by atoms with Gasteiger partial charge in [0.15, 0.2) is 0 Å². The van der Waals surface area contributed by atoms with Crippen molar-refractivity contribution in [2.45, 2.75) is 25.9 Å². The van der Waals surface area contributed by atoms with Crippen molar-refractivity contribution in [3.05, 3.63) is 11.9 Å². The van der Waals surface area contributed by atoms with Gasteiger partial charge in [0.2, 0.25) is 0 Å². The Morgan fingerprint density at radius 1 is 1.73 bits per heavy atom. The van der Waals surface area contributed by atoms with Crippen LogP contribution in [0.15, 0.2) is 6.20 Å². The van der Waals surface area contributed by atoms with E-state index < -0.39 is 0 Å². The zero-order valence-corrected chi connectivity index (χ0v) is 6.86. The summed E-state index contributed by atoms with van der Waals surface area (Å²) in [5, 5.41) is 16.5. The van der Waals surface area contributed by atoms with Gasteiger partial charge in [-0.1, -0.05) is 5.21 Å². The highest BCUT2D eigenvalue weighted by molar-refractivity contribution is 4.93. The van der Waals surface area contributed by atoms with Crippen molar-refractivity contribution in [1.29, 1.82) is 0 Å². The van der Waals surface area contributed by atoms with Gasteiger partial charge < -0.3 is 5.11 Å². The molecule has 0 bridgehead atoms. The summed E-state index contributed by atoms with van der Waals surface area (Å²) in [6.07, 6.45) is 3.08. The van der Waals surface area contributed by atoms with E-state index in [1.165, 1.54) is 0 Å². The van der Waals surface area contributed by atoms with E-state index in [4.69, 9.17) is 5.11 Å². The molecule has 0 aliphatic rings. The van der Waals surface area contributed by atoms with E-state index >= 15 is 0 Å². The third-order valence-corrected chi connectivity index (χ3v) is 1.63. The van der Waals surface area contributed by atoms with Crippen molar-refractivity contribution in [3.63, 3.8) is 0 Å². The molecule has 1 N–H and O–H groups in total. The molecular formula is C7H13N3O.